The van der Waals surface area contributed by atoms with E-state index in [0.717, 1.165) is 15.9 Å². The minimum Gasteiger partial charge on any atom is -0.302 e. The van der Waals surface area contributed by atoms with Gasteiger partial charge in [0.2, 0.25) is 0 Å². The third-order valence-corrected chi connectivity index (χ3v) is 4.04. The number of hydrogen-bond donors (Lipinski definition) is 0. The topological polar surface area (TPSA) is 17.3 Å². The van der Waals surface area contributed by atoms with Gasteiger partial charge in [-0.3, -0.25) is 0 Å². The first-order valence-electron chi connectivity index (χ1n) is 6.28. The molecule has 0 spiro atoms. The molecule has 0 atom stereocenters. The summed E-state index contributed by atoms with van der Waals surface area (Å²) in [5, 5.41) is 0. The van der Waals surface area contributed by atoms with Crippen LogP contribution in [-0.2, 0) is 0 Å². The molecule has 0 aliphatic carbocycles. The number of hydrogen-bond acceptors (Lipinski definition) is 1. The lowest BCUT2D eigenvalue weighted by Gasteiger charge is -2.08. The smallest absolute Gasteiger partial charge is 0.132 e. The van der Waals surface area contributed by atoms with Gasteiger partial charge >= 0.3 is 0 Å². The van der Waals surface area contributed by atoms with Gasteiger partial charge in [-0.05, 0) is 59.5 Å². The third kappa shape index (κ3) is 2.08. The van der Waals surface area contributed by atoms with E-state index in [-0.39, 0.29) is 0 Å². The molecule has 0 fully saturated rings. The second kappa shape index (κ2) is 4.49. The highest BCUT2D eigenvalue weighted by molar-refractivity contribution is 9.10. The van der Waals surface area contributed by atoms with E-state index in [4.69, 9.17) is 0 Å². The minimum absolute atomic E-state index is 0.900. The van der Waals surface area contributed by atoms with Gasteiger partial charge in [0.05, 0.1) is 5.52 Å². The Bertz CT molecular complexity index is 772. The maximum absolute atomic E-state index is 4.44. The van der Waals surface area contributed by atoms with E-state index in [2.05, 4.69) is 75.7 Å². The van der Waals surface area contributed by atoms with Crippen molar-refractivity contribution >= 4 is 21.4 Å². The largest absolute Gasteiger partial charge is 0.302 e. The molecule has 3 heteroatoms. The number of fused-ring (bicyclic) bond motifs is 1. The Kier molecular flexibility index (Phi) is 2.94. The minimum atomic E-state index is 0.900. The van der Waals surface area contributed by atoms with Crippen molar-refractivity contribution in [2.75, 3.05) is 0 Å². The van der Waals surface area contributed by atoms with Crippen LogP contribution >= 0.6 is 15.9 Å². The van der Waals surface area contributed by atoms with Crippen LogP contribution < -0.4 is 0 Å². The first-order chi connectivity index (χ1) is 9.06. The molecule has 96 valence electrons. The number of aromatic nitrogens is 2. The van der Waals surface area contributed by atoms with Gasteiger partial charge in [0, 0.05) is 6.20 Å². The molecular formula is C16H15BrN2. The zero-order valence-corrected chi connectivity index (χ0v) is 12.8. The first-order valence-corrected chi connectivity index (χ1v) is 7.07. The van der Waals surface area contributed by atoms with Gasteiger partial charge in [0.25, 0.3) is 0 Å². The Morgan fingerprint density at radius 2 is 1.84 bits per heavy atom. The summed E-state index contributed by atoms with van der Waals surface area (Å²) >= 11 is 3.49. The summed E-state index contributed by atoms with van der Waals surface area (Å²) in [5.41, 5.74) is 6.20. The fourth-order valence-electron chi connectivity index (χ4n) is 2.49. The van der Waals surface area contributed by atoms with Gasteiger partial charge in [-0.2, -0.15) is 0 Å². The van der Waals surface area contributed by atoms with Crippen LogP contribution in [0, 0.1) is 20.8 Å². The zero-order chi connectivity index (χ0) is 13.6. The van der Waals surface area contributed by atoms with E-state index in [1.165, 1.54) is 22.3 Å². The zero-order valence-electron chi connectivity index (χ0n) is 11.2. The molecule has 0 amide bonds. The second-order valence-corrected chi connectivity index (χ2v) is 5.69. The third-order valence-electron chi connectivity index (χ3n) is 3.46. The maximum Gasteiger partial charge on any atom is 0.132 e. The number of rotatable bonds is 1. The summed E-state index contributed by atoms with van der Waals surface area (Å²) in [5.74, 6) is 0.994. The summed E-state index contributed by atoms with van der Waals surface area (Å²) in [6, 6.07) is 10.8. The van der Waals surface area contributed by atoms with Gasteiger partial charge in [-0.15, -0.1) is 0 Å². The van der Waals surface area contributed by atoms with E-state index in [1.54, 1.807) is 0 Å². The van der Waals surface area contributed by atoms with Crippen molar-refractivity contribution in [1.29, 1.82) is 0 Å². The Morgan fingerprint density at radius 3 is 2.58 bits per heavy atom. The molecule has 2 nitrogen and oxygen atoms in total. The highest BCUT2D eigenvalue weighted by Gasteiger charge is 2.08. The molecule has 0 saturated heterocycles. The number of aryl methyl sites for hydroxylation is 3. The fourth-order valence-corrected chi connectivity index (χ4v) is 3.07. The molecule has 2 heterocycles. The van der Waals surface area contributed by atoms with Crippen LogP contribution in [0.3, 0.4) is 0 Å². The monoisotopic (exact) mass is 314 g/mol. The molecule has 0 saturated carbocycles. The molecule has 0 bridgehead atoms. The first kappa shape index (κ1) is 12.4. The second-order valence-electron chi connectivity index (χ2n) is 4.94. The SMILES string of the molecule is Cc1ccc(-c2ccc3c(Br)nc(C)n3c2)c(C)c1. The highest BCUT2D eigenvalue weighted by atomic mass is 79.9. The summed E-state index contributed by atoms with van der Waals surface area (Å²) in [4.78, 5) is 4.44. The van der Waals surface area contributed by atoms with Gasteiger partial charge in [-0.25, -0.2) is 4.98 Å². The maximum atomic E-state index is 4.44. The summed E-state index contributed by atoms with van der Waals surface area (Å²) < 4.78 is 3.02. The lowest BCUT2D eigenvalue weighted by molar-refractivity contribution is 1.04. The Balaban J connectivity index is 2.23. The fraction of sp³-hybridized carbons (Fsp3) is 0.188. The van der Waals surface area contributed by atoms with Gasteiger partial charge < -0.3 is 4.40 Å². The Labute approximate surface area is 121 Å². The quantitative estimate of drug-likeness (QED) is 0.637. The molecule has 0 N–H and O–H groups in total. The van der Waals surface area contributed by atoms with Crippen LogP contribution in [0.4, 0.5) is 0 Å². The van der Waals surface area contributed by atoms with E-state index in [9.17, 15) is 0 Å². The van der Waals surface area contributed by atoms with E-state index >= 15 is 0 Å². The number of benzene rings is 1. The van der Waals surface area contributed by atoms with Crippen molar-refractivity contribution in [1.82, 2.24) is 9.38 Å². The molecule has 19 heavy (non-hydrogen) atoms. The number of imidazole rings is 1. The summed E-state index contributed by atoms with van der Waals surface area (Å²) in [6.45, 7) is 6.30. The van der Waals surface area contributed by atoms with E-state index in [0.29, 0.717) is 0 Å². The van der Waals surface area contributed by atoms with Crippen LogP contribution in [-0.4, -0.2) is 9.38 Å². The molecule has 0 aliphatic rings. The molecule has 0 unspecified atom stereocenters. The molecule has 1 aromatic carbocycles. The molecule has 3 aromatic rings. The summed E-state index contributed by atoms with van der Waals surface area (Å²) in [7, 11) is 0. The molecule has 3 rings (SSSR count). The Hall–Kier alpha value is -1.61. The van der Waals surface area contributed by atoms with Crippen LogP contribution in [0.1, 0.15) is 17.0 Å². The van der Waals surface area contributed by atoms with Crippen molar-refractivity contribution in [3.63, 3.8) is 0 Å². The van der Waals surface area contributed by atoms with Gasteiger partial charge in [0.15, 0.2) is 0 Å². The van der Waals surface area contributed by atoms with Crippen LogP contribution in [0.15, 0.2) is 41.1 Å². The van der Waals surface area contributed by atoms with Crippen molar-refractivity contribution in [2.24, 2.45) is 0 Å². The average Bonchev–Trinajstić information content (AvgIpc) is 2.65. The van der Waals surface area contributed by atoms with Gasteiger partial charge in [-0.1, -0.05) is 29.8 Å². The highest BCUT2D eigenvalue weighted by Crippen LogP contribution is 2.27. The van der Waals surface area contributed by atoms with Crippen molar-refractivity contribution in [2.45, 2.75) is 20.8 Å². The summed E-state index contributed by atoms with van der Waals surface area (Å²) in [6.07, 6.45) is 2.15. The van der Waals surface area contributed by atoms with Gasteiger partial charge in [0.1, 0.15) is 10.4 Å². The number of pyridine rings is 1. The molecule has 2 aromatic heterocycles. The molecular weight excluding hydrogens is 300 g/mol. The lowest BCUT2D eigenvalue weighted by Crippen LogP contribution is -1.91. The van der Waals surface area contributed by atoms with Crippen LogP contribution in [0.2, 0.25) is 0 Å². The predicted molar refractivity (Wildman–Crippen MR) is 82.5 cm³/mol. The molecule has 0 radical (unpaired) electrons. The van der Waals surface area contributed by atoms with Crippen LogP contribution in [0.5, 0.6) is 0 Å². The van der Waals surface area contributed by atoms with Crippen molar-refractivity contribution in [3.05, 3.63) is 58.1 Å². The van der Waals surface area contributed by atoms with E-state index in [1.807, 2.05) is 6.92 Å². The lowest BCUT2D eigenvalue weighted by atomic mass is 10.00. The Morgan fingerprint density at radius 1 is 1.05 bits per heavy atom. The number of halogens is 1. The molecule has 0 aliphatic heterocycles. The number of nitrogens with zero attached hydrogens (tertiary/aromatic N) is 2. The van der Waals surface area contributed by atoms with E-state index < -0.39 is 0 Å². The van der Waals surface area contributed by atoms with Crippen molar-refractivity contribution in [3.8, 4) is 11.1 Å². The van der Waals surface area contributed by atoms with Crippen LogP contribution in [0.25, 0.3) is 16.6 Å². The predicted octanol–water partition coefficient (Wildman–Crippen LogP) is 4.69. The average molecular weight is 315 g/mol. The standard InChI is InChI=1S/C16H15BrN2/c1-10-4-6-14(11(2)8-10)13-5-7-15-16(17)18-12(3)19(15)9-13/h4-9H,1-3H3. The van der Waals surface area contributed by atoms with Crippen molar-refractivity contribution < 1.29 is 0 Å². The normalized spacial score (nSPS) is 11.2.